The molecule has 0 heterocycles. The van der Waals surface area contributed by atoms with Gasteiger partial charge >= 0.3 is 0 Å². The third-order valence-electron chi connectivity index (χ3n) is 3.07. The van der Waals surface area contributed by atoms with Gasteiger partial charge in [-0.3, -0.25) is 0 Å². The van der Waals surface area contributed by atoms with Gasteiger partial charge < -0.3 is 5.73 Å². The van der Waals surface area contributed by atoms with E-state index >= 15 is 0 Å². The molecule has 3 rings (SSSR count). The van der Waals surface area contributed by atoms with Crippen molar-refractivity contribution >= 4 is 39.1 Å². The molecule has 3 aromatic rings. The minimum Gasteiger partial charge on any atom is -0.399 e. The summed E-state index contributed by atoms with van der Waals surface area (Å²) in [7, 11) is 0. The summed E-state index contributed by atoms with van der Waals surface area (Å²) in [5, 5.41) is 2.56. The standard InChI is InChI=1S/C16H12IN/c17-16-9-8-13(11-4-3-5-12(18)10-11)14-6-1-2-7-15(14)16/h1-10H,18H2. The van der Waals surface area contributed by atoms with Crippen LogP contribution in [0.1, 0.15) is 0 Å². The molecule has 18 heavy (non-hydrogen) atoms. The van der Waals surface area contributed by atoms with Crippen LogP contribution in [0.2, 0.25) is 0 Å². The van der Waals surface area contributed by atoms with Crippen LogP contribution in [0.3, 0.4) is 0 Å². The summed E-state index contributed by atoms with van der Waals surface area (Å²) in [6.07, 6.45) is 0. The molecule has 0 aromatic heterocycles. The van der Waals surface area contributed by atoms with Crippen molar-refractivity contribution in [2.75, 3.05) is 5.73 Å². The second-order valence-electron chi connectivity index (χ2n) is 4.27. The Hall–Kier alpha value is -1.55. The first-order valence-electron chi connectivity index (χ1n) is 5.79. The van der Waals surface area contributed by atoms with Crippen molar-refractivity contribution in [3.8, 4) is 11.1 Å². The van der Waals surface area contributed by atoms with Gasteiger partial charge in [0.15, 0.2) is 0 Å². The minimum absolute atomic E-state index is 0.801. The summed E-state index contributed by atoms with van der Waals surface area (Å²) in [6, 6.07) is 20.8. The molecule has 3 aromatic carbocycles. The fraction of sp³-hybridized carbons (Fsp3) is 0. The number of hydrogen-bond donors (Lipinski definition) is 1. The number of benzene rings is 3. The fourth-order valence-corrected chi connectivity index (χ4v) is 2.87. The number of fused-ring (bicyclic) bond motifs is 1. The number of halogens is 1. The van der Waals surface area contributed by atoms with E-state index in [4.69, 9.17) is 5.73 Å². The van der Waals surface area contributed by atoms with Crippen molar-refractivity contribution in [3.05, 3.63) is 64.2 Å². The average Bonchev–Trinajstić information content (AvgIpc) is 2.39. The second kappa shape index (κ2) is 4.61. The molecule has 0 unspecified atom stereocenters. The van der Waals surface area contributed by atoms with E-state index in [-0.39, 0.29) is 0 Å². The monoisotopic (exact) mass is 345 g/mol. The fourth-order valence-electron chi connectivity index (χ4n) is 2.22. The molecular weight excluding hydrogens is 333 g/mol. The van der Waals surface area contributed by atoms with E-state index < -0.39 is 0 Å². The lowest BCUT2D eigenvalue weighted by Gasteiger charge is -2.09. The van der Waals surface area contributed by atoms with E-state index in [9.17, 15) is 0 Å². The Labute approximate surface area is 120 Å². The molecule has 2 N–H and O–H groups in total. The van der Waals surface area contributed by atoms with Crippen molar-refractivity contribution in [1.29, 1.82) is 0 Å². The van der Waals surface area contributed by atoms with Crippen LogP contribution in [-0.4, -0.2) is 0 Å². The average molecular weight is 345 g/mol. The largest absolute Gasteiger partial charge is 0.399 e. The predicted molar refractivity (Wildman–Crippen MR) is 86.5 cm³/mol. The lowest BCUT2D eigenvalue weighted by atomic mass is 9.98. The van der Waals surface area contributed by atoms with Gasteiger partial charge in [-0.2, -0.15) is 0 Å². The van der Waals surface area contributed by atoms with Crippen molar-refractivity contribution in [2.24, 2.45) is 0 Å². The zero-order valence-electron chi connectivity index (χ0n) is 9.73. The minimum atomic E-state index is 0.801. The van der Waals surface area contributed by atoms with Gasteiger partial charge in [0.25, 0.3) is 0 Å². The molecule has 0 fully saturated rings. The molecular formula is C16H12IN. The van der Waals surface area contributed by atoms with Gasteiger partial charge in [-0.1, -0.05) is 42.5 Å². The third-order valence-corrected chi connectivity index (χ3v) is 4.01. The summed E-state index contributed by atoms with van der Waals surface area (Å²) in [5.74, 6) is 0. The molecule has 0 spiro atoms. The molecule has 0 saturated heterocycles. The first-order valence-corrected chi connectivity index (χ1v) is 6.87. The van der Waals surface area contributed by atoms with Crippen LogP contribution in [0.25, 0.3) is 21.9 Å². The van der Waals surface area contributed by atoms with Crippen LogP contribution >= 0.6 is 22.6 Å². The van der Waals surface area contributed by atoms with Gasteiger partial charge in [0, 0.05) is 9.26 Å². The van der Waals surface area contributed by atoms with Crippen LogP contribution in [0, 0.1) is 3.57 Å². The summed E-state index contributed by atoms with van der Waals surface area (Å²) < 4.78 is 1.27. The number of anilines is 1. The van der Waals surface area contributed by atoms with E-state index in [1.807, 2.05) is 18.2 Å². The summed E-state index contributed by atoms with van der Waals surface area (Å²) in [5.41, 5.74) is 9.07. The van der Waals surface area contributed by atoms with Gasteiger partial charge in [0.1, 0.15) is 0 Å². The topological polar surface area (TPSA) is 26.0 Å². The highest BCUT2D eigenvalue weighted by Crippen LogP contribution is 2.32. The molecule has 0 aliphatic carbocycles. The Bertz CT molecular complexity index is 719. The van der Waals surface area contributed by atoms with Gasteiger partial charge in [-0.05, 0) is 62.7 Å². The van der Waals surface area contributed by atoms with E-state index in [2.05, 4.69) is 65.1 Å². The Kier molecular flexibility index (Phi) is 2.96. The van der Waals surface area contributed by atoms with Crippen molar-refractivity contribution < 1.29 is 0 Å². The Balaban J connectivity index is 2.33. The zero-order valence-corrected chi connectivity index (χ0v) is 11.9. The molecule has 0 aliphatic heterocycles. The van der Waals surface area contributed by atoms with E-state index in [1.54, 1.807) is 0 Å². The summed E-state index contributed by atoms with van der Waals surface area (Å²) in [6.45, 7) is 0. The second-order valence-corrected chi connectivity index (χ2v) is 5.43. The van der Waals surface area contributed by atoms with Gasteiger partial charge in [-0.15, -0.1) is 0 Å². The Morgan fingerprint density at radius 3 is 2.33 bits per heavy atom. The lowest BCUT2D eigenvalue weighted by molar-refractivity contribution is 1.63. The van der Waals surface area contributed by atoms with Crippen LogP contribution in [0.5, 0.6) is 0 Å². The smallest absolute Gasteiger partial charge is 0.0320 e. The SMILES string of the molecule is Nc1cccc(-c2ccc(I)c3ccccc23)c1. The summed E-state index contributed by atoms with van der Waals surface area (Å²) >= 11 is 2.38. The highest BCUT2D eigenvalue weighted by Gasteiger charge is 2.05. The van der Waals surface area contributed by atoms with Crippen molar-refractivity contribution in [2.45, 2.75) is 0 Å². The Morgan fingerprint density at radius 2 is 1.56 bits per heavy atom. The van der Waals surface area contributed by atoms with Crippen molar-refractivity contribution in [1.82, 2.24) is 0 Å². The molecule has 0 saturated carbocycles. The molecule has 0 atom stereocenters. The quantitative estimate of drug-likeness (QED) is 0.502. The zero-order chi connectivity index (χ0) is 12.5. The van der Waals surface area contributed by atoms with Crippen LogP contribution in [0.15, 0.2) is 60.7 Å². The number of nitrogen functional groups attached to an aromatic ring is 1. The van der Waals surface area contributed by atoms with E-state index in [0.717, 1.165) is 5.69 Å². The van der Waals surface area contributed by atoms with Crippen LogP contribution < -0.4 is 5.73 Å². The normalized spacial score (nSPS) is 10.7. The lowest BCUT2D eigenvalue weighted by Crippen LogP contribution is -1.87. The highest BCUT2D eigenvalue weighted by molar-refractivity contribution is 14.1. The van der Waals surface area contributed by atoms with Gasteiger partial charge in [-0.25, -0.2) is 0 Å². The number of rotatable bonds is 1. The molecule has 2 heteroatoms. The molecule has 0 aliphatic rings. The molecule has 1 nitrogen and oxygen atoms in total. The predicted octanol–water partition coefficient (Wildman–Crippen LogP) is 4.69. The van der Waals surface area contributed by atoms with Crippen LogP contribution in [-0.2, 0) is 0 Å². The first kappa shape index (κ1) is 11.5. The van der Waals surface area contributed by atoms with Crippen LogP contribution in [0.4, 0.5) is 5.69 Å². The highest BCUT2D eigenvalue weighted by atomic mass is 127. The van der Waals surface area contributed by atoms with Gasteiger partial charge in [0.05, 0.1) is 0 Å². The molecule has 0 radical (unpaired) electrons. The maximum Gasteiger partial charge on any atom is 0.0320 e. The Morgan fingerprint density at radius 1 is 0.778 bits per heavy atom. The maximum absolute atomic E-state index is 5.87. The molecule has 88 valence electrons. The molecule has 0 bridgehead atoms. The van der Waals surface area contributed by atoms with Crippen molar-refractivity contribution in [3.63, 3.8) is 0 Å². The maximum atomic E-state index is 5.87. The molecule has 0 amide bonds. The number of nitrogens with two attached hydrogens (primary N) is 1. The van der Waals surface area contributed by atoms with E-state index in [0.29, 0.717) is 0 Å². The van der Waals surface area contributed by atoms with Gasteiger partial charge in [0.2, 0.25) is 0 Å². The third kappa shape index (κ3) is 1.97. The number of hydrogen-bond acceptors (Lipinski definition) is 1. The van der Waals surface area contributed by atoms with E-state index in [1.165, 1.54) is 25.5 Å². The first-order chi connectivity index (χ1) is 8.75. The summed E-state index contributed by atoms with van der Waals surface area (Å²) in [4.78, 5) is 0.